The monoisotopic (exact) mass is 267 g/mol. The van der Waals surface area contributed by atoms with Crippen LogP contribution in [0.5, 0.6) is 5.75 Å². The number of amides is 1. The molecular formula is C17H17NO2. The van der Waals surface area contributed by atoms with Gasteiger partial charge in [0.2, 0.25) is 5.91 Å². The summed E-state index contributed by atoms with van der Waals surface area (Å²) in [7, 11) is 1.66. The molecule has 0 radical (unpaired) electrons. The maximum atomic E-state index is 11.8. The van der Waals surface area contributed by atoms with Crippen molar-refractivity contribution in [3.8, 4) is 5.75 Å². The van der Waals surface area contributed by atoms with Crippen molar-refractivity contribution in [1.82, 2.24) is 5.32 Å². The van der Waals surface area contributed by atoms with E-state index in [1.54, 1.807) is 7.11 Å². The standard InChI is InChI=1S/C17H17NO2/c1-20-14-9-7-12(8-10-14)15-11-16(19)18-17(15)13-5-3-2-4-6-13/h2-10,15,17H,11H2,1H3,(H,18,19). The molecule has 0 aromatic heterocycles. The van der Waals surface area contributed by atoms with E-state index in [1.807, 2.05) is 42.5 Å². The van der Waals surface area contributed by atoms with Crippen molar-refractivity contribution >= 4 is 5.91 Å². The second-order valence-electron chi connectivity index (χ2n) is 5.04. The van der Waals surface area contributed by atoms with Gasteiger partial charge in [0.1, 0.15) is 5.75 Å². The minimum absolute atomic E-state index is 0.0529. The molecule has 0 bridgehead atoms. The van der Waals surface area contributed by atoms with Crippen molar-refractivity contribution < 1.29 is 9.53 Å². The lowest BCUT2D eigenvalue weighted by Gasteiger charge is -2.19. The number of hydrogen-bond acceptors (Lipinski definition) is 2. The van der Waals surface area contributed by atoms with Crippen molar-refractivity contribution in [2.45, 2.75) is 18.4 Å². The normalized spacial score (nSPS) is 21.6. The van der Waals surface area contributed by atoms with Gasteiger partial charge in [-0.25, -0.2) is 0 Å². The summed E-state index contributed by atoms with van der Waals surface area (Å²) in [4.78, 5) is 11.8. The number of rotatable bonds is 3. The summed E-state index contributed by atoms with van der Waals surface area (Å²) in [5, 5.41) is 3.08. The smallest absolute Gasteiger partial charge is 0.221 e. The Morgan fingerprint density at radius 1 is 1.00 bits per heavy atom. The quantitative estimate of drug-likeness (QED) is 0.928. The van der Waals surface area contributed by atoms with Crippen LogP contribution in [0.3, 0.4) is 0 Å². The Morgan fingerprint density at radius 3 is 2.35 bits per heavy atom. The van der Waals surface area contributed by atoms with Crippen LogP contribution in [0.2, 0.25) is 0 Å². The van der Waals surface area contributed by atoms with E-state index in [-0.39, 0.29) is 17.9 Å². The number of ether oxygens (including phenoxy) is 1. The van der Waals surface area contributed by atoms with Crippen molar-refractivity contribution in [2.24, 2.45) is 0 Å². The molecule has 2 aromatic rings. The Morgan fingerprint density at radius 2 is 1.70 bits per heavy atom. The first kappa shape index (κ1) is 12.7. The maximum Gasteiger partial charge on any atom is 0.221 e. The summed E-state index contributed by atoms with van der Waals surface area (Å²) >= 11 is 0. The highest BCUT2D eigenvalue weighted by Crippen LogP contribution is 2.38. The molecule has 1 aliphatic rings. The van der Waals surface area contributed by atoms with Crippen LogP contribution in [0.15, 0.2) is 54.6 Å². The van der Waals surface area contributed by atoms with Gasteiger partial charge in [-0.05, 0) is 23.3 Å². The van der Waals surface area contributed by atoms with Gasteiger partial charge in [-0.3, -0.25) is 4.79 Å². The molecule has 3 heteroatoms. The second kappa shape index (κ2) is 5.37. The van der Waals surface area contributed by atoms with Gasteiger partial charge < -0.3 is 10.1 Å². The lowest BCUT2D eigenvalue weighted by atomic mass is 9.88. The molecule has 102 valence electrons. The Labute approximate surface area is 118 Å². The predicted molar refractivity (Wildman–Crippen MR) is 77.7 cm³/mol. The number of methoxy groups -OCH3 is 1. The van der Waals surface area contributed by atoms with Gasteiger partial charge in [0.25, 0.3) is 0 Å². The molecule has 1 aliphatic heterocycles. The van der Waals surface area contributed by atoms with Crippen LogP contribution in [0.4, 0.5) is 0 Å². The van der Waals surface area contributed by atoms with Gasteiger partial charge in [0.15, 0.2) is 0 Å². The molecule has 1 N–H and O–H groups in total. The van der Waals surface area contributed by atoms with Gasteiger partial charge in [-0.15, -0.1) is 0 Å². The molecule has 1 heterocycles. The van der Waals surface area contributed by atoms with Gasteiger partial charge in [-0.2, -0.15) is 0 Å². The molecule has 1 amide bonds. The van der Waals surface area contributed by atoms with E-state index in [0.29, 0.717) is 6.42 Å². The van der Waals surface area contributed by atoms with Crippen LogP contribution in [0.25, 0.3) is 0 Å². The molecule has 3 nitrogen and oxygen atoms in total. The third-order valence-electron chi connectivity index (χ3n) is 3.83. The van der Waals surface area contributed by atoms with Gasteiger partial charge >= 0.3 is 0 Å². The summed E-state index contributed by atoms with van der Waals surface area (Å²) in [6, 6.07) is 18.1. The summed E-state index contributed by atoms with van der Waals surface area (Å²) < 4.78 is 5.18. The lowest BCUT2D eigenvalue weighted by molar-refractivity contribution is -0.119. The van der Waals surface area contributed by atoms with Crippen LogP contribution in [-0.2, 0) is 4.79 Å². The third-order valence-corrected chi connectivity index (χ3v) is 3.83. The Bertz CT molecular complexity index is 592. The summed E-state index contributed by atoms with van der Waals surface area (Å²) in [5.74, 6) is 1.12. The van der Waals surface area contributed by atoms with Gasteiger partial charge in [0, 0.05) is 12.3 Å². The lowest BCUT2D eigenvalue weighted by Crippen LogP contribution is -2.20. The average molecular weight is 267 g/mol. The van der Waals surface area contributed by atoms with Crippen molar-refractivity contribution in [1.29, 1.82) is 0 Å². The third kappa shape index (κ3) is 2.39. The van der Waals surface area contributed by atoms with E-state index in [1.165, 1.54) is 0 Å². The van der Waals surface area contributed by atoms with Crippen LogP contribution in [-0.4, -0.2) is 13.0 Å². The van der Waals surface area contributed by atoms with E-state index >= 15 is 0 Å². The van der Waals surface area contributed by atoms with Crippen LogP contribution < -0.4 is 10.1 Å². The zero-order valence-corrected chi connectivity index (χ0v) is 11.4. The van der Waals surface area contributed by atoms with Gasteiger partial charge in [0.05, 0.1) is 13.2 Å². The van der Waals surface area contributed by atoms with Crippen LogP contribution in [0, 0.1) is 0 Å². The minimum Gasteiger partial charge on any atom is -0.497 e. The number of carbonyl (C=O) groups is 1. The fourth-order valence-corrected chi connectivity index (χ4v) is 2.79. The molecule has 0 spiro atoms. The van der Waals surface area contributed by atoms with E-state index in [0.717, 1.165) is 16.9 Å². The highest BCUT2D eigenvalue weighted by molar-refractivity contribution is 5.80. The maximum absolute atomic E-state index is 11.8. The first-order valence-electron chi connectivity index (χ1n) is 6.76. The zero-order chi connectivity index (χ0) is 13.9. The number of hydrogen-bond donors (Lipinski definition) is 1. The van der Waals surface area contributed by atoms with E-state index in [9.17, 15) is 4.79 Å². The molecule has 2 unspecified atom stereocenters. The highest BCUT2D eigenvalue weighted by atomic mass is 16.5. The molecule has 20 heavy (non-hydrogen) atoms. The van der Waals surface area contributed by atoms with Crippen molar-refractivity contribution in [2.75, 3.05) is 7.11 Å². The van der Waals surface area contributed by atoms with Crippen LogP contribution in [0.1, 0.15) is 29.5 Å². The van der Waals surface area contributed by atoms with Crippen molar-refractivity contribution in [3.05, 3.63) is 65.7 Å². The first-order valence-corrected chi connectivity index (χ1v) is 6.76. The summed E-state index contributed by atoms with van der Waals surface area (Å²) in [5.41, 5.74) is 2.32. The molecule has 3 rings (SSSR count). The average Bonchev–Trinajstić information content (AvgIpc) is 2.90. The topological polar surface area (TPSA) is 38.3 Å². The molecule has 2 atom stereocenters. The van der Waals surface area contributed by atoms with E-state index in [2.05, 4.69) is 17.4 Å². The fourth-order valence-electron chi connectivity index (χ4n) is 2.79. The predicted octanol–water partition coefficient (Wildman–Crippen LogP) is 3.04. The largest absolute Gasteiger partial charge is 0.497 e. The van der Waals surface area contributed by atoms with Crippen LogP contribution >= 0.6 is 0 Å². The van der Waals surface area contributed by atoms with E-state index in [4.69, 9.17) is 4.74 Å². The Balaban J connectivity index is 1.91. The van der Waals surface area contributed by atoms with Gasteiger partial charge in [-0.1, -0.05) is 42.5 Å². The zero-order valence-electron chi connectivity index (χ0n) is 11.4. The van der Waals surface area contributed by atoms with E-state index < -0.39 is 0 Å². The Kier molecular flexibility index (Phi) is 3.42. The number of carbonyl (C=O) groups excluding carboxylic acids is 1. The molecular weight excluding hydrogens is 250 g/mol. The van der Waals surface area contributed by atoms with Crippen molar-refractivity contribution in [3.63, 3.8) is 0 Å². The Hall–Kier alpha value is -2.29. The fraction of sp³-hybridized carbons (Fsp3) is 0.235. The molecule has 0 saturated carbocycles. The first-order chi connectivity index (χ1) is 9.78. The molecule has 2 aromatic carbocycles. The molecule has 0 aliphatic carbocycles. The number of nitrogens with one attached hydrogen (secondary N) is 1. The molecule has 1 fully saturated rings. The summed E-state index contributed by atoms with van der Waals surface area (Å²) in [6.07, 6.45) is 0.534. The number of benzene rings is 2. The highest BCUT2D eigenvalue weighted by Gasteiger charge is 2.34. The summed E-state index contributed by atoms with van der Waals surface area (Å²) in [6.45, 7) is 0. The molecule has 1 saturated heterocycles. The SMILES string of the molecule is COc1ccc(C2CC(=O)NC2c2ccccc2)cc1. The minimum atomic E-state index is 0.0529. The second-order valence-corrected chi connectivity index (χ2v) is 5.04.